The second kappa shape index (κ2) is 14.0. The highest BCUT2D eigenvalue weighted by Gasteiger charge is 1.89. The number of carbonyl (C=O) groups is 2. The molecule has 0 heterocycles. The number of ketones is 1. The van der Waals surface area contributed by atoms with E-state index in [1.165, 1.54) is 37.1 Å². The van der Waals surface area contributed by atoms with Gasteiger partial charge in [-0.25, -0.2) is 0 Å². The van der Waals surface area contributed by atoms with Gasteiger partial charge in [-0.15, -0.1) is 5.92 Å². The van der Waals surface area contributed by atoms with E-state index in [1.807, 2.05) is 0 Å². The van der Waals surface area contributed by atoms with Gasteiger partial charge in [0.2, 0.25) is 0 Å². The van der Waals surface area contributed by atoms with Crippen molar-refractivity contribution in [3.05, 3.63) is 24.3 Å². The second-order valence-corrected chi connectivity index (χ2v) is 3.86. The van der Waals surface area contributed by atoms with Gasteiger partial charge in [-0.05, 0) is 18.6 Å². The SMILES string of the molecule is CCCCCC#CCC#CCC(=O)C=CC=CC=O. The molecule has 0 atom stereocenters. The molecular formula is C17H20O2. The van der Waals surface area contributed by atoms with Gasteiger partial charge in [0.25, 0.3) is 0 Å². The Kier molecular flexibility index (Phi) is 12.5. The first-order valence-corrected chi connectivity index (χ1v) is 6.54. The monoisotopic (exact) mass is 256 g/mol. The Balaban J connectivity index is 3.74. The number of aldehydes is 1. The fourth-order valence-corrected chi connectivity index (χ4v) is 1.20. The highest BCUT2D eigenvalue weighted by atomic mass is 16.1. The Morgan fingerprint density at radius 1 is 1.00 bits per heavy atom. The summed E-state index contributed by atoms with van der Waals surface area (Å²) >= 11 is 0. The molecule has 19 heavy (non-hydrogen) atoms. The van der Waals surface area contributed by atoms with E-state index in [0.717, 1.165) is 12.8 Å². The number of hydrogen-bond donors (Lipinski definition) is 0. The molecule has 0 aliphatic heterocycles. The zero-order valence-corrected chi connectivity index (χ0v) is 11.4. The summed E-state index contributed by atoms with van der Waals surface area (Å²) in [5.41, 5.74) is 0. The lowest BCUT2D eigenvalue weighted by atomic mass is 10.2. The van der Waals surface area contributed by atoms with Crippen LogP contribution >= 0.6 is 0 Å². The van der Waals surface area contributed by atoms with E-state index in [0.29, 0.717) is 12.7 Å². The standard InChI is InChI=1S/C17H20O2/c1-2-3-4-5-6-7-8-9-11-14-17(19)15-12-10-13-16-18/h10,12-13,15-16H,2-5,8,14H2,1H3. The van der Waals surface area contributed by atoms with Gasteiger partial charge in [0.15, 0.2) is 5.78 Å². The summed E-state index contributed by atoms with van der Waals surface area (Å²) in [4.78, 5) is 21.2. The largest absolute Gasteiger partial charge is 0.299 e. The van der Waals surface area contributed by atoms with Crippen LogP contribution in [0.25, 0.3) is 0 Å². The zero-order valence-electron chi connectivity index (χ0n) is 11.4. The lowest BCUT2D eigenvalue weighted by Crippen LogP contribution is -1.88. The summed E-state index contributed by atoms with van der Waals surface area (Å²) in [7, 11) is 0. The fourth-order valence-electron chi connectivity index (χ4n) is 1.20. The van der Waals surface area contributed by atoms with Crippen LogP contribution < -0.4 is 0 Å². The topological polar surface area (TPSA) is 34.1 Å². The molecule has 0 aliphatic rings. The average molecular weight is 256 g/mol. The number of allylic oxidation sites excluding steroid dienone is 4. The minimum Gasteiger partial charge on any atom is -0.299 e. The van der Waals surface area contributed by atoms with Crippen LogP contribution in [0.4, 0.5) is 0 Å². The minimum atomic E-state index is -0.0704. The van der Waals surface area contributed by atoms with Crippen LogP contribution in [0.3, 0.4) is 0 Å². The van der Waals surface area contributed by atoms with Gasteiger partial charge in [0, 0.05) is 6.42 Å². The summed E-state index contributed by atoms with van der Waals surface area (Å²) in [6.07, 6.45) is 11.7. The first-order valence-electron chi connectivity index (χ1n) is 6.54. The third-order valence-electron chi connectivity index (χ3n) is 2.18. The molecule has 0 amide bonds. The lowest BCUT2D eigenvalue weighted by molar-refractivity contribution is -0.113. The van der Waals surface area contributed by atoms with Crippen molar-refractivity contribution in [2.75, 3.05) is 0 Å². The Hall–Kier alpha value is -2.06. The van der Waals surface area contributed by atoms with Crippen LogP contribution in [0.15, 0.2) is 24.3 Å². The molecule has 2 nitrogen and oxygen atoms in total. The summed E-state index contributed by atoms with van der Waals surface area (Å²) in [5, 5.41) is 0. The van der Waals surface area contributed by atoms with Crippen molar-refractivity contribution in [1.29, 1.82) is 0 Å². The van der Waals surface area contributed by atoms with E-state index in [1.54, 1.807) is 0 Å². The van der Waals surface area contributed by atoms with Gasteiger partial charge < -0.3 is 0 Å². The smallest absolute Gasteiger partial charge is 0.167 e. The highest BCUT2D eigenvalue weighted by Crippen LogP contribution is 1.96. The first kappa shape index (κ1) is 16.9. The molecule has 0 radical (unpaired) electrons. The Morgan fingerprint density at radius 3 is 2.53 bits per heavy atom. The van der Waals surface area contributed by atoms with Gasteiger partial charge in [-0.2, -0.15) is 0 Å². The van der Waals surface area contributed by atoms with Crippen molar-refractivity contribution < 1.29 is 9.59 Å². The number of hydrogen-bond acceptors (Lipinski definition) is 2. The third-order valence-corrected chi connectivity index (χ3v) is 2.18. The third kappa shape index (κ3) is 13.9. The van der Waals surface area contributed by atoms with Crippen LogP contribution in [0.5, 0.6) is 0 Å². The number of unbranched alkanes of at least 4 members (excludes halogenated alkanes) is 3. The quantitative estimate of drug-likeness (QED) is 0.230. The van der Waals surface area contributed by atoms with E-state index in [2.05, 4.69) is 30.6 Å². The minimum absolute atomic E-state index is 0.0704. The van der Waals surface area contributed by atoms with Crippen LogP contribution in [0.1, 0.15) is 45.4 Å². The van der Waals surface area contributed by atoms with Gasteiger partial charge in [-0.3, -0.25) is 9.59 Å². The number of rotatable bonds is 7. The maximum absolute atomic E-state index is 11.3. The van der Waals surface area contributed by atoms with Crippen molar-refractivity contribution in [3.63, 3.8) is 0 Å². The molecule has 0 bridgehead atoms. The van der Waals surface area contributed by atoms with Crippen molar-refractivity contribution in [2.45, 2.75) is 45.4 Å². The van der Waals surface area contributed by atoms with Crippen molar-refractivity contribution >= 4 is 12.1 Å². The Bertz CT molecular complexity index is 433. The Labute approximate surface area is 116 Å². The first-order chi connectivity index (χ1) is 9.31. The molecule has 0 N–H and O–H groups in total. The van der Waals surface area contributed by atoms with E-state index in [-0.39, 0.29) is 12.2 Å². The molecule has 0 aromatic heterocycles. The predicted molar refractivity (Wildman–Crippen MR) is 78.3 cm³/mol. The molecule has 0 saturated heterocycles. The van der Waals surface area contributed by atoms with Gasteiger partial charge in [0.1, 0.15) is 6.29 Å². The Morgan fingerprint density at radius 2 is 1.79 bits per heavy atom. The molecule has 0 aromatic carbocycles. The van der Waals surface area contributed by atoms with Gasteiger partial charge in [0.05, 0.1) is 12.8 Å². The molecule has 2 heteroatoms. The highest BCUT2D eigenvalue weighted by molar-refractivity contribution is 5.91. The number of carbonyl (C=O) groups excluding carboxylic acids is 2. The molecular weight excluding hydrogens is 236 g/mol. The van der Waals surface area contributed by atoms with Gasteiger partial charge >= 0.3 is 0 Å². The molecule has 0 aromatic rings. The molecule has 0 spiro atoms. The van der Waals surface area contributed by atoms with Crippen molar-refractivity contribution in [2.24, 2.45) is 0 Å². The molecule has 100 valence electrons. The van der Waals surface area contributed by atoms with Crippen molar-refractivity contribution in [1.82, 2.24) is 0 Å². The van der Waals surface area contributed by atoms with Gasteiger partial charge in [-0.1, -0.05) is 49.7 Å². The van der Waals surface area contributed by atoms with Crippen LogP contribution in [0.2, 0.25) is 0 Å². The maximum atomic E-state index is 11.3. The molecule has 0 fully saturated rings. The maximum Gasteiger partial charge on any atom is 0.167 e. The molecule has 0 rings (SSSR count). The predicted octanol–water partition coefficient (Wildman–Crippen LogP) is 3.23. The summed E-state index contributed by atoms with van der Waals surface area (Å²) in [6, 6.07) is 0. The molecule has 0 aliphatic carbocycles. The summed E-state index contributed by atoms with van der Waals surface area (Å²) in [5.74, 6) is 11.6. The van der Waals surface area contributed by atoms with E-state index in [4.69, 9.17) is 0 Å². The average Bonchev–Trinajstić information content (AvgIpc) is 2.42. The summed E-state index contributed by atoms with van der Waals surface area (Å²) < 4.78 is 0. The van der Waals surface area contributed by atoms with E-state index < -0.39 is 0 Å². The molecule has 0 unspecified atom stereocenters. The van der Waals surface area contributed by atoms with Crippen LogP contribution in [-0.2, 0) is 9.59 Å². The van der Waals surface area contributed by atoms with E-state index >= 15 is 0 Å². The summed E-state index contributed by atoms with van der Waals surface area (Å²) in [6.45, 7) is 2.17. The van der Waals surface area contributed by atoms with Crippen LogP contribution in [-0.4, -0.2) is 12.1 Å². The lowest BCUT2D eigenvalue weighted by Gasteiger charge is -1.87. The van der Waals surface area contributed by atoms with Crippen molar-refractivity contribution in [3.8, 4) is 23.7 Å². The molecule has 0 saturated carbocycles. The van der Waals surface area contributed by atoms with E-state index in [9.17, 15) is 9.59 Å². The van der Waals surface area contributed by atoms with Crippen LogP contribution in [0, 0.1) is 23.7 Å². The normalized spacial score (nSPS) is 9.74. The zero-order chi connectivity index (χ0) is 14.2. The fraction of sp³-hybridized carbons (Fsp3) is 0.412. The second-order valence-electron chi connectivity index (χ2n) is 3.86.